The van der Waals surface area contributed by atoms with E-state index in [9.17, 15) is 9.90 Å². The van der Waals surface area contributed by atoms with Gasteiger partial charge in [-0.25, -0.2) is 0 Å². The number of carboxylic acids is 1. The summed E-state index contributed by atoms with van der Waals surface area (Å²) < 4.78 is 0.939. The van der Waals surface area contributed by atoms with Gasteiger partial charge in [-0.15, -0.1) is 0 Å². The Labute approximate surface area is 110 Å². The van der Waals surface area contributed by atoms with E-state index >= 15 is 0 Å². The normalized spacial score (nSPS) is 20.1. The zero-order chi connectivity index (χ0) is 12.5. The summed E-state index contributed by atoms with van der Waals surface area (Å²) in [6.45, 7) is 1.66. The summed E-state index contributed by atoms with van der Waals surface area (Å²) in [5.41, 5.74) is 0.198. The van der Waals surface area contributed by atoms with Crippen LogP contribution in [0.25, 0.3) is 0 Å². The molecule has 1 aliphatic rings. The lowest BCUT2D eigenvalue weighted by Gasteiger charge is -2.37. The molecule has 0 amide bonds. The van der Waals surface area contributed by atoms with Crippen molar-refractivity contribution in [3.05, 3.63) is 34.3 Å². The zero-order valence-corrected chi connectivity index (χ0v) is 11.4. The van der Waals surface area contributed by atoms with E-state index in [1.54, 1.807) is 0 Å². The molecule has 1 aromatic carbocycles. The van der Waals surface area contributed by atoms with Gasteiger partial charge in [-0.05, 0) is 50.7 Å². The predicted octanol–water partition coefficient (Wildman–Crippen LogP) is 2.50. The number of aliphatic carboxylic acids is 1. The van der Waals surface area contributed by atoms with Crippen molar-refractivity contribution in [3.8, 4) is 0 Å². The van der Waals surface area contributed by atoms with Crippen LogP contribution >= 0.6 is 15.9 Å². The minimum absolute atomic E-state index is 0.676. The Morgan fingerprint density at radius 1 is 1.41 bits per heavy atom. The maximum absolute atomic E-state index is 11.7. The van der Waals surface area contributed by atoms with Gasteiger partial charge in [0.2, 0.25) is 0 Å². The van der Waals surface area contributed by atoms with Crippen LogP contribution in [0.1, 0.15) is 18.4 Å². The van der Waals surface area contributed by atoms with Crippen molar-refractivity contribution in [1.29, 1.82) is 0 Å². The topological polar surface area (TPSA) is 40.5 Å². The molecule has 0 bridgehead atoms. The highest BCUT2D eigenvalue weighted by molar-refractivity contribution is 9.10. The van der Waals surface area contributed by atoms with Crippen molar-refractivity contribution >= 4 is 21.9 Å². The molecule has 0 saturated carbocycles. The third-order valence-corrected chi connectivity index (χ3v) is 4.12. The van der Waals surface area contributed by atoms with Gasteiger partial charge in [0, 0.05) is 4.47 Å². The smallest absolute Gasteiger partial charge is 0.314 e. The molecule has 1 heterocycles. The summed E-state index contributed by atoms with van der Waals surface area (Å²) in [6.07, 6.45) is 1.35. The fourth-order valence-electron chi connectivity index (χ4n) is 2.41. The Morgan fingerprint density at radius 3 is 2.59 bits per heavy atom. The molecule has 1 saturated heterocycles. The third kappa shape index (κ3) is 2.38. The highest BCUT2D eigenvalue weighted by Crippen LogP contribution is 2.36. The molecule has 1 aliphatic heterocycles. The van der Waals surface area contributed by atoms with Crippen LogP contribution in [-0.2, 0) is 10.2 Å². The molecule has 4 heteroatoms. The van der Waals surface area contributed by atoms with Gasteiger partial charge < -0.3 is 10.0 Å². The SMILES string of the molecule is CN1CCC(C(=O)O)(c2cccc(Br)c2)CC1. The molecule has 3 nitrogen and oxygen atoms in total. The average molecular weight is 298 g/mol. The van der Waals surface area contributed by atoms with Crippen molar-refractivity contribution in [2.24, 2.45) is 0 Å². The van der Waals surface area contributed by atoms with Gasteiger partial charge in [-0.3, -0.25) is 4.79 Å². The highest BCUT2D eigenvalue weighted by atomic mass is 79.9. The van der Waals surface area contributed by atoms with E-state index in [4.69, 9.17) is 0 Å². The lowest BCUT2D eigenvalue weighted by Crippen LogP contribution is -2.46. The molecule has 0 aliphatic carbocycles. The third-order valence-electron chi connectivity index (χ3n) is 3.63. The van der Waals surface area contributed by atoms with Crippen molar-refractivity contribution < 1.29 is 9.90 Å². The van der Waals surface area contributed by atoms with Gasteiger partial charge in [0.15, 0.2) is 0 Å². The van der Waals surface area contributed by atoms with E-state index in [0.29, 0.717) is 12.8 Å². The first-order chi connectivity index (χ1) is 8.04. The summed E-state index contributed by atoms with van der Waals surface area (Å²) in [7, 11) is 2.03. The molecule has 0 radical (unpaired) electrons. The van der Waals surface area contributed by atoms with Crippen LogP contribution < -0.4 is 0 Å². The van der Waals surface area contributed by atoms with E-state index in [2.05, 4.69) is 20.8 Å². The lowest BCUT2D eigenvalue weighted by molar-refractivity contribution is -0.145. The number of benzene rings is 1. The minimum Gasteiger partial charge on any atom is -0.481 e. The fourth-order valence-corrected chi connectivity index (χ4v) is 2.81. The quantitative estimate of drug-likeness (QED) is 0.912. The first kappa shape index (κ1) is 12.6. The molecule has 0 aromatic heterocycles. The first-order valence-electron chi connectivity index (χ1n) is 5.72. The van der Waals surface area contributed by atoms with Crippen LogP contribution in [-0.4, -0.2) is 36.1 Å². The van der Waals surface area contributed by atoms with Crippen LogP contribution in [0.2, 0.25) is 0 Å². The van der Waals surface area contributed by atoms with Crippen molar-refractivity contribution in [2.75, 3.05) is 20.1 Å². The Hall–Kier alpha value is -0.870. The maximum atomic E-state index is 11.7. The molecule has 92 valence electrons. The van der Waals surface area contributed by atoms with Gasteiger partial charge >= 0.3 is 5.97 Å². The van der Waals surface area contributed by atoms with E-state index < -0.39 is 11.4 Å². The number of carbonyl (C=O) groups is 1. The molecule has 1 aromatic rings. The number of piperidine rings is 1. The van der Waals surface area contributed by atoms with Crippen LogP contribution in [0.15, 0.2) is 28.7 Å². The summed E-state index contributed by atoms with van der Waals surface area (Å²) >= 11 is 3.41. The number of likely N-dealkylation sites (tertiary alicyclic amines) is 1. The summed E-state index contributed by atoms with van der Waals surface area (Å²) in [6, 6.07) is 7.68. The van der Waals surface area contributed by atoms with Crippen molar-refractivity contribution in [2.45, 2.75) is 18.3 Å². The molecular formula is C13H16BrNO2. The monoisotopic (exact) mass is 297 g/mol. The van der Waals surface area contributed by atoms with Crippen LogP contribution in [0.3, 0.4) is 0 Å². The molecule has 2 rings (SSSR count). The Bertz CT molecular complexity index is 425. The lowest BCUT2D eigenvalue weighted by atomic mass is 9.73. The second-order valence-corrected chi connectivity index (χ2v) is 5.62. The molecule has 1 fully saturated rings. The second-order valence-electron chi connectivity index (χ2n) is 4.70. The van der Waals surface area contributed by atoms with Gasteiger partial charge in [-0.1, -0.05) is 28.1 Å². The molecular weight excluding hydrogens is 282 g/mol. The predicted molar refractivity (Wildman–Crippen MR) is 70.2 cm³/mol. The Kier molecular flexibility index (Phi) is 3.54. The Morgan fingerprint density at radius 2 is 2.06 bits per heavy atom. The molecule has 0 atom stereocenters. The van der Waals surface area contributed by atoms with Crippen LogP contribution in [0.4, 0.5) is 0 Å². The second kappa shape index (κ2) is 4.78. The van der Waals surface area contributed by atoms with Gasteiger partial charge in [-0.2, -0.15) is 0 Å². The van der Waals surface area contributed by atoms with E-state index in [-0.39, 0.29) is 0 Å². The van der Waals surface area contributed by atoms with Crippen molar-refractivity contribution in [3.63, 3.8) is 0 Å². The standard InChI is InChI=1S/C13H16BrNO2/c1-15-7-5-13(6-8-15,12(16)17)10-3-2-4-11(14)9-10/h2-4,9H,5-8H2,1H3,(H,16,17). The number of nitrogens with zero attached hydrogens (tertiary/aromatic N) is 1. The van der Waals surface area contributed by atoms with E-state index in [1.807, 2.05) is 31.3 Å². The number of halogens is 1. The summed E-state index contributed by atoms with van der Waals surface area (Å²) in [4.78, 5) is 13.8. The molecule has 0 unspecified atom stereocenters. The number of rotatable bonds is 2. The van der Waals surface area contributed by atoms with E-state index in [1.165, 1.54) is 0 Å². The summed E-state index contributed by atoms with van der Waals surface area (Å²) in [5, 5.41) is 9.59. The molecule has 0 spiro atoms. The van der Waals surface area contributed by atoms with Gasteiger partial charge in [0.1, 0.15) is 0 Å². The number of hydrogen-bond acceptors (Lipinski definition) is 2. The highest BCUT2D eigenvalue weighted by Gasteiger charge is 2.42. The maximum Gasteiger partial charge on any atom is 0.314 e. The van der Waals surface area contributed by atoms with E-state index in [0.717, 1.165) is 23.1 Å². The zero-order valence-electron chi connectivity index (χ0n) is 9.82. The largest absolute Gasteiger partial charge is 0.481 e. The van der Waals surface area contributed by atoms with Crippen molar-refractivity contribution in [1.82, 2.24) is 4.90 Å². The van der Waals surface area contributed by atoms with Crippen LogP contribution in [0.5, 0.6) is 0 Å². The molecule has 1 N–H and O–H groups in total. The minimum atomic E-state index is -0.712. The fraction of sp³-hybridized carbons (Fsp3) is 0.462. The first-order valence-corrected chi connectivity index (χ1v) is 6.52. The number of carboxylic acid groups (broad SMARTS) is 1. The van der Waals surface area contributed by atoms with Crippen LogP contribution in [0, 0.1) is 0 Å². The number of hydrogen-bond donors (Lipinski definition) is 1. The van der Waals surface area contributed by atoms with Gasteiger partial charge in [0.25, 0.3) is 0 Å². The summed E-state index contributed by atoms with van der Waals surface area (Å²) in [5.74, 6) is -0.705. The van der Waals surface area contributed by atoms with Gasteiger partial charge in [0.05, 0.1) is 5.41 Å². The average Bonchev–Trinajstić information content (AvgIpc) is 2.30. The molecule has 17 heavy (non-hydrogen) atoms. The Balaban J connectivity index is 2.38.